The van der Waals surface area contributed by atoms with Crippen molar-refractivity contribution in [2.45, 2.75) is 25.6 Å². The number of hydrogen-bond donors (Lipinski definition) is 0. The zero-order valence-corrected chi connectivity index (χ0v) is 9.45. The first-order chi connectivity index (χ1) is 8.42. The van der Waals surface area contributed by atoms with Crippen molar-refractivity contribution in [3.05, 3.63) is 29.3 Å². The van der Waals surface area contributed by atoms with Crippen LogP contribution in [0.4, 0.5) is 13.2 Å². The zero-order valence-electron chi connectivity index (χ0n) is 9.45. The van der Waals surface area contributed by atoms with Crippen molar-refractivity contribution in [3.63, 3.8) is 0 Å². The van der Waals surface area contributed by atoms with Gasteiger partial charge in [0.1, 0.15) is 11.8 Å². The highest BCUT2D eigenvalue weighted by atomic mass is 19.4. The number of benzene rings is 1. The Bertz CT molecular complexity index is 512. The van der Waals surface area contributed by atoms with Crippen LogP contribution in [0.1, 0.15) is 24.5 Å². The van der Waals surface area contributed by atoms with Crippen LogP contribution in [0.3, 0.4) is 0 Å². The van der Waals surface area contributed by atoms with Gasteiger partial charge in [-0.05, 0) is 24.6 Å². The Morgan fingerprint density at radius 1 is 1.33 bits per heavy atom. The standard InChI is InChI=1S/C12H9F3N2O/c1-2-9(7-17)18-11-4-3-8(6-16)5-10(11)12(13,14)15/h3-5,9H,2H2,1H3. The van der Waals surface area contributed by atoms with Gasteiger partial charge in [-0.2, -0.15) is 23.7 Å². The van der Waals surface area contributed by atoms with Crippen LogP contribution in [0.2, 0.25) is 0 Å². The molecule has 1 aromatic rings. The van der Waals surface area contributed by atoms with Gasteiger partial charge in [0.05, 0.1) is 17.2 Å². The minimum atomic E-state index is -4.63. The summed E-state index contributed by atoms with van der Waals surface area (Å²) >= 11 is 0. The molecule has 1 unspecified atom stereocenters. The second-order valence-electron chi connectivity index (χ2n) is 3.46. The molecule has 1 aromatic carbocycles. The molecule has 0 spiro atoms. The molecule has 1 atom stereocenters. The van der Waals surface area contributed by atoms with Gasteiger partial charge in [-0.1, -0.05) is 6.92 Å². The molecule has 0 radical (unpaired) electrons. The Kier molecular flexibility index (Phi) is 4.17. The van der Waals surface area contributed by atoms with Crippen molar-refractivity contribution >= 4 is 0 Å². The largest absolute Gasteiger partial charge is 0.475 e. The van der Waals surface area contributed by atoms with Crippen LogP contribution >= 0.6 is 0 Å². The molecule has 0 saturated carbocycles. The first-order valence-corrected chi connectivity index (χ1v) is 5.10. The van der Waals surface area contributed by atoms with Gasteiger partial charge in [0.2, 0.25) is 0 Å². The summed E-state index contributed by atoms with van der Waals surface area (Å²) in [5, 5.41) is 17.3. The highest BCUT2D eigenvalue weighted by Crippen LogP contribution is 2.37. The summed E-state index contributed by atoms with van der Waals surface area (Å²) in [6.45, 7) is 1.63. The lowest BCUT2D eigenvalue weighted by atomic mass is 10.1. The third-order valence-corrected chi connectivity index (χ3v) is 2.20. The summed E-state index contributed by atoms with van der Waals surface area (Å²) in [6.07, 6.45) is -5.30. The van der Waals surface area contributed by atoms with Crippen molar-refractivity contribution in [3.8, 4) is 17.9 Å². The molecule has 0 fully saturated rings. The van der Waals surface area contributed by atoms with Crippen LogP contribution in [0, 0.1) is 22.7 Å². The zero-order chi connectivity index (χ0) is 13.8. The molecule has 0 aromatic heterocycles. The molecule has 0 N–H and O–H groups in total. The van der Waals surface area contributed by atoms with E-state index >= 15 is 0 Å². The van der Waals surface area contributed by atoms with E-state index in [9.17, 15) is 13.2 Å². The lowest BCUT2D eigenvalue weighted by Crippen LogP contribution is -2.16. The summed E-state index contributed by atoms with van der Waals surface area (Å²) in [5.74, 6) is -0.435. The fraction of sp³-hybridized carbons (Fsp3) is 0.333. The second-order valence-corrected chi connectivity index (χ2v) is 3.46. The maximum absolute atomic E-state index is 12.8. The van der Waals surface area contributed by atoms with Gasteiger partial charge in [0, 0.05) is 0 Å². The van der Waals surface area contributed by atoms with Crippen LogP contribution in [0.15, 0.2) is 18.2 Å². The van der Waals surface area contributed by atoms with Crippen molar-refractivity contribution in [1.29, 1.82) is 10.5 Å². The Balaban J connectivity index is 3.20. The normalized spacial score (nSPS) is 12.3. The lowest BCUT2D eigenvalue weighted by Gasteiger charge is -2.16. The molecule has 0 amide bonds. The average Bonchev–Trinajstić information content (AvgIpc) is 2.34. The van der Waals surface area contributed by atoms with E-state index in [1.807, 2.05) is 0 Å². The molecule has 0 bridgehead atoms. The van der Waals surface area contributed by atoms with E-state index < -0.39 is 23.6 Å². The van der Waals surface area contributed by atoms with Crippen molar-refractivity contribution in [2.75, 3.05) is 0 Å². The van der Waals surface area contributed by atoms with E-state index in [2.05, 4.69) is 0 Å². The number of halogens is 3. The maximum Gasteiger partial charge on any atom is 0.420 e. The Hall–Kier alpha value is -2.21. The quantitative estimate of drug-likeness (QED) is 0.831. The molecule has 6 heteroatoms. The molecule has 94 valence electrons. The second kappa shape index (κ2) is 5.42. The Labute approximate surface area is 102 Å². The minimum Gasteiger partial charge on any atom is -0.475 e. The molecular formula is C12H9F3N2O. The van der Waals surface area contributed by atoms with Crippen molar-refractivity contribution in [2.24, 2.45) is 0 Å². The molecule has 1 rings (SSSR count). The fourth-order valence-corrected chi connectivity index (χ4v) is 1.28. The van der Waals surface area contributed by atoms with Crippen LogP contribution in [-0.2, 0) is 6.18 Å². The smallest absolute Gasteiger partial charge is 0.420 e. The first-order valence-electron chi connectivity index (χ1n) is 5.10. The van der Waals surface area contributed by atoms with Gasteiger partial charge in [-0.25, -0.2) is 0 Å². The Morgan fingerprint density at radius 3 is 2.44 bits per heavy atom. The molecule has 0 aliphatic rings. The summed E-state index contributed by atoms with van der Waals surface area (Å²) in [5.41, 5.74) is -1.16. The molecule has 18 heavy (non-hydrogen) atoms. The molecule has 0 heterocycles. The molecule has 0 aliphatic heterocycles. The van der Waals surface area contributed by atoms with Crippen molar-refractivity contribution in [1.82, 2.24) is 0 Å². The SMILES string of the molecule is CCC(C#N)Oc1ccc(C#N)cc1C(F)(F)F. The van der Waals surface area contributed by atoms with Gasteiger partial charge < -0.3 is 4.74 Å². The minimum absolute atomic E-state index is 0.111. The molecule has 0 saturated heterocycles. The summed E-state index contributed by atoms with van der Waals surface area (Å²) in [7, 11) is 0. The van der Waals surface area contributed by atoms with E-state index in [0.29, 0.717) is 6.07 Å². The van der Waals surface area contributed by atoms with E-state index in [0.717, 1.165) is 6.07 Å². The predicted molar refractivity (Wildman–Crippen MR) is 56.5 cm³/mol. The summed E-state index contributed by atoms with van der Waals surface area (Å²) < 4.78 is 43.2. The lowest BCUT2D eigenvalue weighted by molar-refractivity contribution is -0.139. The number of rotatable bonds is 3. The third kappa shape index (κ3) is 3.14. The van der Waals surface area contributed by atoms with E-state index in [1.54, 1.807) is 19.1 Å². The van der Waals surface area contributed by atoms with Crippen LogP contribution in [0.5, 0.6) is 5.75 Å². The number of alkyl halides is 3. The van der Waals surface area contributed by atoms with E-state index in [1.165, 1.54) is 6.07 Å². The molecule has 3 nitrogen and oxygen atoms in total. The van der Waals surface area contributed by atoms with Crippen LogP contribution in [-0.4, -0.2) is 6.10 Å². The number of nitriles is 2. The highest BCUT2D eigenvalue weighted by Gasteiger charge is 2.35. The van der Waals surface area contributed by atoms with Gasteiger partial charge in [-0.15, -0.1) is 0 Å². The average molecular weight is 254 g/mol. The fourth-order valence-electron chi connectivity index (χ4n) is 1.28. The van der Waals surface area contributed by atoms with E-state index in [4.69, 9.17) is 15.3 Å². The monoisotopic (exact) mass is 254 g/mol. The number of nitrogens with zero attached hydrogens (tertiary/aromatic N) is 2. The van der Waals surface area contributed by atoms with E-state index in [-0.39, 0.29) is 12.0 Å². The van der Waals surface area contributed by atoms with Gasteiger partial charge in [-0.3, -0.25) is 0 Å². The maximum atomic E-state index is 12.8. The first kappa shape index (κ1) is 13.9. The summed E-state index contributed by atoms with van der Waals surface area (Å²) in [4.78, 5) is 0. The predicted octanol–water partition coefficient (Wildman–Crippen LogP) is 3.26. The molecule has 0 aliphatic carbocycles. The van der Waals surface area contributed by atoms with Crippen LogP contribution < -0.4 is 4.74 Å². The van der Waals surface area contributed by atoms with Gasteiger partial charge >= 0.3 is 6.18 Å². The van der Waals surface area contributed by atoms with Crippen molar-refractivity contribution < 1.29 is 17.9 Å². The summed E-state index contributed by atoms with van der Waals surface area (Å²) in [6, 6.07) is 6.36. The highest BCUT2D eigenvalue weighted by molar-refractivity contribution is 5.43. The van der Waals surface area contributed by atoms with Gasteiger partial charge in [0.25, 0.3) is 0 Å². The topological polar surface area (TPSA) is 56.8 Å². The van der Waals surface area contributed by atoms with Crippen LogP contribution in [0.25, 0.3) is 0 Å². The molecular weight excluding hydrogens is 245 g/mol. The number of ether oxygens (including phenoxy) is 1. The number of hydrogen-bond acceptors (Lipinski definition) is 3. The van der Waals surface area contributed by atoms with Gasteiger partial charge in [0.15, 0.2) is 6.10 Å². The Morgan fingerprint density at radius 2 is 2.00 bits per heavy atom. The third-order valence-electron chi connectivity index (χ3n) is 2.20.